The first-order chi connectivity index (χ1) is 6.66. The quantitative estimate of drug-likeness (QED) is 0.656. The molecule has 1 aliphatic heterocycles. The molecule has 14 heavy (non-hydrogen) atoms. The number of rotatable bonds is 1. The summed E-state index contributed by atoms with van der Waals surface area (Å²) in [5, 5.41) is 0. The van der Waals surface area contributed by atoms with Crippen LogP contribution >= 0.6 is 0 Å². The van der Waals surface area contributed by atoms with Crippen LogP contribution in [0.2, 0.25) is 0 Å². The Hall–Kier alpha value is -1.24. The third-order valence-electron chi connectivity index (χ3n) is 2.64. The molecular formula is C13H16O. The molecule has 0 saturated carbocycles. The summed E-state index contributed by atoms with van der Waals surface area (Å²) < 4.78 is 5.68. The van der Waals surface area contributed by atoms with Crippen LogP contribution in [0.5, 0.6) is 5.75 Å². The molecule has 0 atom stereocenters. The van der Waals surface area contributed by atoms with Gasteiger partial charge in [0.2, 0.25) is 0 Å². The lowest BCUT2D eigenvalue weighted by atomic mass is 9.98. The fraction of sp³-hybridized carbons (Fsp3) is 0.385. The largest absolute Gasteiger partial charge is 0.489 e. The highest BCUT2D eigenvalue weighted by Gasteiger charge is 2.13. The second-order valence-electron chi connectivity index (χ2n) is 4.20. The van der Waals surface area contributed by atoms with Gasteiger partial charge in [0.25, 0.3) is 0 Å². The average molecular weight is 188 g/mol. The fourth-order valence-electron chi connectivity index (χ4n) is 1.65. The van der Waals surface area contributed by atoms with Crippen molar-refractivity contribution in [3.8, 4) is 5.75 Å². The second-order valence-corrected chi connectivity index (χ2v) is 4.20. The van der Waals surface area contributed by atoms with Crippen LogP contribution < -0.4 is 4.74 Å². The van der Waals surface area contributed by atoms with E-state index >= 15 is 0 Å². The van der Waals surface area contributed by atoms with Gasteiger partial charge in [0, 0.05) is 5.56 Å². The standard InChI is InChI=1S/C13H16O/c1-9(2)12-7-11-6-10(3)4-5-13(11)14-8-12/h4-7,9H,8H2,1-3H3. The van der Waals surface area contributed by atoms with Gasteiger partial charge in [-0.05, 0) is 36.6 Å². The molecule has 0 bridgehead atoms. The Bertz CT molecular complexity index is 375. The molecule has 0 fully saturated rings. The molecule has 0 amide bonds. The third-order valence-corrected chi connectivity index (χ3v) is 2.64. The van der Waals surface area contributed by atoms with E-state index in [1.807, 2.05) is 0 Å². The summed E-state index contributed by atoms with van der Waals surface area (Å²) in [5.74, 6) is 1.59. The van der Waals surface area contributed by atoms with Crippen LogP contribution in [0.15, 0.2) is 23.8 Å². The second kappa shape index (κ2) is 3.49. The van der Waals surface area contributed by atoms with Crippen molar-refractivity contribution in [3.63, 3.8) is 0 Å². The van der Waals surface area contributed by atoms with Crippen molar-refractivity contribution in [2.75, 3.05) is 6.61 Å². The Morgan fingerprint density at radius 3 is 2.79 bits per heavy atom. The molecule has 1 heteroatoms. The van der Waals surface area contributed by atoms with E-state index in [-0.39, 0.29) is 0 Å². The molecule has 1 heterocycles. The molecule has 0 N–H and O–H groups in total. The first-order valence-electron chi connectivity index (χ1n) is 5.11. The summed E-state index contributed by atoms with van der Waals surface area (Å²) in [6.45, 7) is 7.26. The summed E-state index contributed by atoms with van der Waals surface area (Å²) in [7, 11) is 0. The fourth-order valence-corrected chi connectivity index (χ4v) is 1.65. The number of hydrogen-bond donors (Lipinski definition) is 0. The van der Waals surface area contributed by atoms with Crippen LogP contribution in [-0.2, 0) is 0 Å². The molecule has 1 aromatic rings. The van der Waals surface area contributed by atoms with Crippen molar-refractivity contribution in [1.82, 2.24) is 0 Å². The summed E-state index contributed by atoms with van der Waals surface area (Å²) in [6.07, 6.45) is 2.26. The van der Waals surface area contributed by atoms with Gasteiger partial charge < -0.3 is 4.74 Å². The molecule has 0 aromatic heterocycles. The van der Waals surface area contributed by atoms with Crippen LogP contribution in [0.3, 0.4) is 0 Å². The Balaban J connectivity index is 2.42. The van der Waals surface area contributed by atoms with Gasteiger partial charge in [-0.1, -0.05) is 25.5 Å². The normalized spacial score (nSPS) is 14.7. The molecule has 74 valence electrons. The van der Waals surface area contributed by atoms with E-state index in [1.165, 1.54) is 16.7 Å². The predicted molar refractivity (Wildman–Crippen MR) is 59.5 cm³/mol. The third kappa shape index (κ3) is 1.67. The minimum absolute atomic E-state index is 0.573. The molecule has 2 rings (SSSR count). The Kier molecular flexibility index (Phi) is 2.32. The molecule has 0 unspecified atom stereocenters. The Morgan fingerprint density at radius 2 is 2.07 bits per heavy atom. The molecule has 1 nitrogen and oxygen atoms in total. The molecule has 0 radical (unpaired) electrons. The average Bonchev–Trinajstić information content (AvgIpc) is 2.16. The smallest absolute Gasteiger partial charge is 0.127 e. The highest BCUT2D eigenvalue weighted by Crippen LogP contribution is 2.29. The van der Waals surface area contributed by atoms with E-state index in [1.54, 1.807) is 0 Å². The van der Waals surface area contributed by atoms with Gasteiger partial charge in [-0.15, -0.1) is 0 Å². The van der Waals surface area contributed by atoms with Gasteiger partial charge in [0.1, 0.15) is 12.4 Å². The van der Waals surface area contributed by atoms with E-state index in [0.29, 0.717) is 5.92 Å². The Labute approximate surface area is 85.4 Å². The van der Waals surface area contributed by atoms with Crippen LogP contribution in [0.1, 0.15) is 25.0 Å². The maximum atomic E-state index is 5.68. The molecule has 0 saturated heterocycles. The van der Waals surface area contributed by atoms with Crippen LogP contribution in [0.4, 0.5) is 0 Å². The van der Waals surface area contributed by atoms with E-state index in [2.05, 4.69) is 45.0 Å². The summed E-state index contributed by atoms with van der Waals surface area (Å²) >= 11 is 0. The van der Waals surface area contributed by atoms with Gasteiger partial charge in [-0.3, -0.25) is 0 Å². The van der Waals surface area contributed by atoms with Gasteiger partial charge >= 0.3 is 0 Å². The molecule has 0 spiro atoms. The number of aryl methyl sites for hydroxylation is 1. The summed E-state index contributed by atoms with van der Waals surface area (Å²) in [4.78, 5) is 0. The lowest BCUT2D eigenvalue weighted by Gasteiger charge is -2.20. The van der Waals surface area contributed by atoms with Gasteiger partial charge in [0.05, 0.1) is 0 Å². The van der Waals surface area contributed by atoms with Gasteiger partial charge in [-0.2, -0.15) is 0 Å². The van der Waals surface area contributed by atoms with Crippen LogP contribution in [-0.4, -0.2) is 6.61 Å². The van der Waals surface area contributed by atoms with Crippen LogP contribution in [0.25, 0.3) is 6.08 Å². The lowest BCUT2D eigenvalue weighted by Crippen LogP contribution is -2.11. The minimum Gasteiger partial charge on any atom is -0.489 e. The number of hydrogen-bond acceptors (Lipinski definition) is 1. The zero-order chi connectivity index (χ0) is 10.1. The SMILES string of the molecule is Cc1ccc2c(c1)C=C(C(C)C)CO2. The molecular weight excluding hydrogens is 172 g/mol. The number of benzene rings is 1. The minimum atomic E-state index is 0.573. The van der Waals surface area contributed by atoms with Crippen molar-refractivity contribution in [1.29, 1.82) is 0 Å². The van der Waals surface area contributed by atoms with Crippen molar-refractivity contribution < 1.29 is 4.74 Å². The number of ether oxygens (including phenoxy) is 1. The first kappa shape index (κ1) is 9.32. The monoisotopic (exact) mass is 188 g/mol. The molecule has 0 aliphatic carbocycles. The van der Waals surface area contributed by atoms with Crippen LogP contribution in [0, 0.1) is 12.8 Å². The predicted octanol–water partition coefficient (Wildman–Crippen LogP) is 3.43. The van der Waals surface area contributed by atoms with Crippen molar-refractivity contribution in [3.05, 3.63) is 34.9 Å². The number of fused-ring (bicyclic) bond motifs is 1. The van der Waals surface area contributed by atoms with Crippen molar-refractivity contribution >= 4 is 6.08 Å². The summed E-state index contributed by atoms with van der Waals surface area (Å²) in [6, 6.07) is 6.32. The van der Waals surface area contributed by atoms with Gasteiger partial charge in [-0.25, -0.2) is 0 Å². The van der Waals surface area contributed by atoms with E-state index in [0.717, 1.165) is 12.4 Å². The summed E-state index contributed by atoms with van der Waals surface area (Å²) in [5.41, 5.74) is 3.89. The zero-order valence-electron chi connectivity index (χ0n) is 9.00. The highest BCUT2D eigenvalue weighted by atomic mass is 16.5. The van der Waals surface area contributed by atoms with E-state index in [9.17, 15) is 0 Å². The first-order valence-corrected chi connectivity index (χ1v) is 5.11. The molecule has 1 aromatic carbocycles. The highest BCUT2D eigenvalue weighted by molar-refractivity contribution is 5.63. The maximum absolute atomic E-state index is 5.68. The van der Waals surface area contributed by atoms with E-state index in [4.69, 9.17) is 4.74 Å². The molecule has 1 aliphatic rings. The topological polar surface area (TPSA) is 9.23 Å². The van der Waals surface area contributed by atoms with Crippen molar-refractivity contribution in [2.45, 2.75) is 20.8 Å². The Morgan fingerprint density at radius 1 is 1.29 bits per heavy atom. The van der Waals surface area contributed by atoms with Gasteiger partial charge in [0.15, 0.2) is 0 Å². The lowest BCUT2D eigenvalue weighted by molar-refractivity contribution is 0.334. The van der Waals surface area contributed by atoms with E-state index < -0.39 is 0 Å². The maximum Gasteiger partial charge on any atom is 0.127 e. The van der Waals surface area contributed by atoms with Crippen molar-refractivity contribution in [2.24, 2.45) is 5.92 Å². The zero-order valence-corrected chi connectivity index (χ0v) is 9.00.